The van der Waals surface area contributed by atoms with Crippen LogP contribution in [-0.2, 0) is 6.42 Å². The molecule has 0 atom stereocenters. The van der Waals surface area contributed by atoms with Crippen molar-refractivity contribution in [1.82, 2.24) is 24.9 Å². The molecule has 0 saturated carbocycles. The summed E-state index contributed by atoms with van der Waals surface area (Å²) in [5, 5.41) is 6.92. The number of nitrogen functional groups attached to an aromatic ring is 1. The van der Waals surface area contributed by atoms with Gasteiger partial charge in [0.05, 0.1) is 6.26 Å². The third kappa shape index (κ3) is 3.79. The summed E-state index contributed by atoms with van der Waals surface area (Å²) in [6.07, 6.45) is 1.88. The van der Waals surface area contributed by atoms with Crippen LogP contribution in [0.5, 0.6) is 0 Å². The van der Waals surface area contributed by atoms with E-state index in [1.54, 1.807) is 30.3 Å². The number of amides is 1. The second-order valence-electron chi connectivity index (χ2n) is 5.78. The number of halogens is 2. The number of anilines is 1. The van der Waals surface area contributed by atoms with E-state index in [-0.39, 0.29) is 36.4 Å². The molecule has 1 aromatic carbocycles. The molecule has 0 aliphatic heterocycles. The summed E-state index contributed by atoms with van der Waals surface area (Å²) in [4.78, 5) is 20.7. The number of hydrogen-bond donors (Lipinski definition) is 2. The number of fused-ring (bicyclic) bond motifs is 1. The van der Waals surface area contributed by atoms with Crippen LogP contribution in [-0.4, -0.2) is 32.0 Å². The average Bonchev–Trinajstić information content (AvgIpc) is 3.32. The van der Waals surface area contributed by atoms with E-state index in [0.29, 0.717) is 29.2 Å². The van der Waals surface area contributed by atoms with Crippen molar-refractivity contribution in [3.05, 3.63) is 65.8 Å². The van der Waals surface area contributed by atoms with E-state index >= 15 is 0 Å². The highest BCUT2D eigenvalue weighted by molar-refractivity contribution is 5.93. The number of nitrogens with two attached hydrogens (primary N) is 1. The largest absolute Gasteiger partial charge is 0.461 e. The number of nitrogens with zero attached hydrogens (tertiary/aromatic N) is 4. The third-order valence-corrected chi connectivity index (χ3v) is 3.96. The fourth-order valence-electron chi connectivity index (χ4n) is 2.64. The zero-order chi connectivity index (χ0) is 18.8. The van der Waals surface area contributed by atoms with Crippen molar-refractivity contribution in [2.24, 2.45) is 0 Å². The lowest BCUT2D eigenvalue weighted by Crippen LogP contribution is -2.27. The molecular formula is C18H16ClFN6O2. The van der Waals surface area contributed by atoms with Crippen LogP contribution in [0, 0.1) is 5.82 Å². The molecular weight excluding hydrogens is 387 g/mol. The van der Waals surface area contributed by atoms with E-state index in [4.69, 9.17) is 10.2 Å². The summed E-state index contributed by atoms with van der Waals surface area (Å²) in [6.45, 7) is 0.261. The van der Waals surface area contributed by atoms with Crippen LogP contribution in [0.4, 0.5) is 10.3 Å². The minimum absolute atomic E-state index is 0. The quantitative estimate of drug-likeness (QED) is 0.530. The van der Waals surface area contributed by atoms with Gasteiger partial charge >= 0.3 is 0 Å². The van der Waals surface area contributed by atoms with Gasteiger partial charge in [-0.05, 0) is 30.2 Å². The Morgan fingerprint density at radius 2 is 2.04 bits per heavy atom. The van der Waals surface area contributed by atoms with Gasteiger partial charge in [0, 0.05) is 12.6 Å². The molecule has 144 valence electrons. The lowest BCUT2D eigenvalue weighted by atomic mass is 10.1. The van der Waals surface area contributed by atoms with Gasteiger partial charge in [-0.1, -0.05) is 18.2 Å². The van der Waals surface area contributed by atoms with Crippen molar-refractivity contribution < 1.29 is 13.6 Å². The first-order chi connectivity index (χ1) is 13.1. The Balaban J connectivity index is 0.00000225. The lowest BCUT2D eigenvalue weighted by molar-refractivity contribution is 0.0949. The van der Waals surface area contributed by atoms with Crippen molar-refractivity contribution in [2.75, 3.05) is 12.3 Å². The number of rotatable bonds is 5. The number of carbonyl (C=O) groups is 1. The molecule has 4 aromatic rings. The second-order valence-corrected chi connectivity index (χ2v) is 5.78. The SMILES string of the molecule is Cl.Nc1nc(C(=O)NCCc2ccccc2F)cc2nc(-c3ccco3)nn12. The second kappa shape index (κ2) is 8.05. The van der Waals surface area contributed by atoms with Crippen molar-refractivity contribution in [3.8, 4) is 11.6 Å². The zero-order valence-corrected chi connectivity index (χ0v) is 15.3. The van der Waals surface area contributed by atoms with Gasteiger partial charge in [-0.25, -0.2) is 14.4 Å². The fourth-order valence-corrected chi connectivity index (χ4v) is 2.64. The molecule has 0 bridgehead atoms. The molecule has 3 aromatic heterocycles. The number of nitrogens with one attached hydrogen (secondary N) is 1. The maximum absolute atomic E-state index is 13.6. The average molecular weight is 403 g/mol. The summed E-state index contributed by atoms with van der Waals surface area (Å²) < 4.78 is 20.2. The van der Waals surface area contributed by atoms with Gasteiger partial charge in [0.25, 0.3) is 5.91 Å². The number of aromatic nitrogens is 4. The Morgan fingerprint density at radius 1 is 1.21 bits per heavy atom. The van der Waals surface area contributed by atoms with Gasteiger partial charge in [-0.15, -0.1) is 17.5 Å². The van der Waals surface area contributed by atoms with Crippen LogP contribution in [0.3, 0.4) is 0 Å². The van der Waals surface area contributed by atoms with Gasteiger partial charge < -0.3 is 15.5 Å². The smallest absolute Gasteiger partial charge is 0.270 e. The Labute approximate surface area is 165 Å². The minimum Gasteiger partial charge on any atom is -0.461 e. The summed E-state index contributed by atoms with van der Waals surface area (Å²) in [5.74, 6) is 0.115. The van der Waals surface area contributed by atoms with Crippen LogP contribution in [0.15, 0.2) is 53.1 Å². The Kier molecular flexibility index (Phi) is 5.55. The molecule has 28 heavy (non-hydrogen) atoms. The van der Waals surface area contributed by atoms with Crippen LogP contribution < -0.4 is 11.1 Å². The Hall–Kier alpha value is -3.46. The van der Waals surface area contributed by atoms with E-state index in [2.05, 4.69) is 20.4 Å². The van der Waals surface area contributed by atoms with E-state index in [0.717, 1.165) is 0 Å². The maximum atomic E-state index is 13.6. The first-order valence-electron chi connectivity index (χ1n) is 8.20. The highest BCUT2D eigenvalue weighted by atomic mass is 35.5. The van der Waals surface area contributed by atoms with Crippen molar-refractivity contribution in [2.45, 2.75) is 6.42 Å². The van der Waals surface area contributed by atoms with Gasteiger partial charge in [0.2, 0.25) is 11.8 Å². The molecule has 0 fully saturated rings. The highest BCUT2D eigenvalue weighted by Gasteiger charge is 2.15. The highest BCUT2D eigenvalue weighted by Crippen LogP contribution is 2.18. The number of hydrogen-bond acceptors (Lipinski definition) is 6. The molecule has 8 nitrogen and oxygen atoms in total. The molecule has 10 heteroatoms. The predicted octanol–water partition coefficient (Wildman–Crippen LogP) is 2.50. The number of carbonyl (C=O) groups excluding carboxylic acids is 1. The van der Waals surface area contributed by atoms with Gasteiger partial charge in [0.15, 0.2) is 11.4 Å². The van der Waals surface area contributed by atoms with E-state index < -0.39 is 5.91 Å². The monoisotopic (exact) mass is 402 g/mol. The Morgan fingerprint density at radius 3 is 2.79 bits per heavy atom. The van der Waals surface area contributed by atoms with Crippen LogP contribution in [0.25, 0.3) is 17.2 Å². The molecule has 0 radical (unpaired) electrons. The Bertz CT molecular complexity index is 1110. The van der Waals surface area contributed by atoms with Crippen molar-refractivity contribution >= 4 is 29.9 Å². The molecule has 0 unspecified atom stereocenters. The fraction of sp³-hybridized carbons (Fsp3) is 0.111. The van der Waals surface area contributed by atoms with Gasteiger partial charge in [-0.3, -0.25) is 4.79 Å². The minimum atomic E-state index is -0.428. The molecule has 0 saturated heterocycles. The molecule has 1 amide bonds. The van der Waals surface area contributed by atoms with E-state index in [1.165, 1.54) is 22.9 Å². The topological polar surface area (TPSA) is 111 Å². The first kappa shape index (κ1) is 19.3. The molecule has 0 spiro atoms. The summed E-state index contributed by atoms with van der Waals surface area (Å²) in [5.41, 5.74) is 6.89. The number of benzene rings is 1. The normalized spacial score (nSPS) is 10.6. The first-order valence-corrected chi connectivity index (χ1v) is 8.20. The maximum Gasteiger partial charge on any atom is 0.270 e. The summed E-state index contributed by atoms with van der Waals surface area (Å²) >= 11 is 0. The summed E-state index contributed by atoms with van der Waals surface area (Å²) in [6, 6.07) is 11.3. The third-order valence-electron chi connectivity index (χ3n) is 3.96. The lowest BCUT2D eigenvalue weighted by Gasteiger charge is -2.06. The number of furan rings is 1. The molecule has 3 N–H and O–H groups in total. The van der Waals surface area contributed by atoms with Gasteiger partial charge in [0.1, 0.15) is 11.5 Å². The molecule has 0 aliphatic rings. The molecule has 0 aliphatic carbocycles. The zero-order valence-electron chi connectivity index (χ0n) is 14.5. The standard InChI is InChI=1S/C18H15FN6O2.ClH/c19-12-5-2-1-4-11(12)7-8-21-17(26)13-10-15-23-16(14-6-3-9-27-14)24-25(15)18(20)22-13;/h1-6,9-10H,7-8H2,(H2,20,22)(H,21,26);1H. The van der Waals surface area contributed by atoms with Crippen LogP contribution in [0.1, 0.15) is 16.1 Å². The van der Waals surface area contributed by atoms with E-state index in [1.807, 2.05) is 0 Å². The van der Waals surface area contributed by atoms with E-state index in [9.17, 15) is 9.18 Å². The van der Waals surface area contributed by atoms with Gasteiger partial charge in [-0.2, -0.15) is 4.52 Å². The molecule has 3 heterocycles. The van der Waals surface area contributed by atoms with Crippen molar-refractivity contribution in [3.63, 3.8) is 0 Å². The predicted molar refractivity (Wildman–Crippen MR) is 103 cm³/mol. The van der Waals surface area contributed by atoms with Crippen molar-refractivity contribution in [1.29, 1.82) is 0 Å². The van der Waals surface area contributed by atoms with Crippen LogP contribution >= 0.6 is 12.4 Å². The molecule has 4 rings (SSSR count). The summed E-state index contributed by atoms with van der Waals surface area (Å²) in [7, 11) is 0. The van der Waals surface area contributed by atoms with Crippen LogP contribution in [0.2, 0.25) is 0 Å².